The van der Waals surface area contributed by atoms with Crippen LogP contribution in [0.2, 0.25) is 0 Å². The Morgan fingerprint density at radius 3 is 1.76 bits per heavy atom. The third-order valence-corrected chi connectivity index (χ3v) is 6.07. The summed E-state index contributed by atoms with van der Waals surface area (Å²) in [5.41, 5.74) is 3.16. The molecule has 3 rings (SSSR count). The van der Waals surface area contributed by atoms with Crippen molar-refractivity contribution in [3.8, 4) is 5.75 Å². The molecule has 0 aromatic heterocycles. The molecular weight excluding hydrogens is 462 g/mol. The lowest BCUT2D eigenvalue weighted by Gasteiger charge is -2.48. The van der Waals surface area contributed by atoms with E-state index in [0.29, 0.717) is 23.1 Å². The highest BCUT2D eigenvalue weighted by Gasteiger charge is 2.45. The van der Waals surface area contributed by atoms with E-state index >= 15 is 0 Å². The van der Waals surface area contributed by atoms with Crippen LogP contribution in [0.3, 0.4) is 0 Å². The van der Waals surface area contributed by atoms with E-state index in [9.17, 15) is 0 Å². The lowest BCUT2D eigenvalue weighted by molar-refractivity contribution is 0.127. The predicted molar refractivity (Wildman–Crippen MR) is 169 cm³/mol. The summed E-state index contributed by atoms with van der Waals surface area (Å²) < 4.78 is 6.07. The Morgan fingerprint density at radius 1 is 0.816 bits per heavy atom. The highest BCUT2D eigenvalue weighted by molar-refractivity contribution is 5.55. The first-order valence-electron chi connectivity index (χ1n) is 14.7. The average Bonchev–Trinajstić information content (AvgIpc) is 2.78. The summed E-state index contributed by atoms with van der Waals surface area (Å²) in [7, 11) is 0. The highest BCUT2D eigenvalue weighted by Crippen LogP contribution is 2.53. The molecule has 38 heavy (non-hydrogen) atoms. The summed E-state index contributed by atoms with van der Waals surface area (Å²) in [6.07, 6.45) is 7.44. The Bertz CT molecular complexity index is 955. The van der Waals surface area contributed by atoms with Crippen molar-refractivity contribution < 1.29 is 4.74 Å². The van der Waals surface area contributed by atoms with Gasteiger partial charge < -0.3 is 4.74 Å². The molecule has 2 aromatic rings. The fraction of sp³-hybridized carbons (Fsp3) is 0.583. The molecule has 2 atom stereocenters. The van der Waals surface area contributed by atoms with E-state index in [1.165, 1.54) is 24.0 Å². The molecule has 1 saturated carbocycles. The molecule has 2 aromatic carbocycles. The average molecular weight is 520 g/mol. The van der Waals surface area contributed by atoms with Gasteiger partial charge in [0.1, 0.15) is 5.75 Å². The van der Waals surface area contributed by atoms with E-state index in [-0.39, 0.29) is 5.41 Å². The normalized spacial score (nSPS) is 21.1. The van der Waals surface area contributed by atoms with Crippen molar-refractivity contribution in [2.75, 3.05) is 0 Å². The maximum absolute atomic E-state index is 6.07. The summed E-state index contributed by atoms with van der Waals surface area (Å²) in [6.45, 7) is 26.4. The third-order valence-electron chi connectivity index (χ3n) is 6.07. The van der Waals surface area contributed by atoms with Gasteiger partial charge in [-0.15, -0.1) is 0 Å². The maximum Gasteiger partial charge on any atom is 0.215 e. The minimum absolute atomic E-state index is 0.0408. The Balaban J connectivity index is 0.000000794. The lowest BCUT2D eigenvalue weighted by atomic mass is 9.55. The number of ether oxygens (including phenoxy) is 1. The quantitative estimate of drug-likeness (QED) is 0.275. The van der Waals surface area contributed by atoms with Crippen LogP contribution in [0.15, 0.2) is 71.5 Å². The van der Waals surface area contributed by atoms with Crippen molar-refractivity contribution in [3.05, 3.63) is 77.7 Å². The van der Waals surface area contributed by atoms with Gasteiger partial charge >= 0.3 is 0 Å². The highest BCUT2D eigenvalue weighted by atomic mass is 16.5. The third kappa shape index (κ3) is 12.0. The number of hydrogen-bond donors (Lipinski definition) is 0. The second-order valence-corrected chi connectivity index (χ2v) is 13.5. The van der Waals surface area contributed by atoms with Gasteiger partial charge in [0.05, 0.1) is 0 Å². The molecule has 0 amide bonds. The van der Waals surface area contributed by atoms with Crippen molar-refractivity contribution >= 4 is 6.21 Å². The molecule has 0 heterocycles. The molecule has 0 spiro atoms. The minimum atomic E-state index is 0.0408. The van der Waals surface area contributed by atoms with E-state index in [0.717, 1.165) is 24.0 Å². The Hall–Kier alpha value is -2.35. The fourth-order valence-corrected chi connectivity index (χ4v) is 5.41. The van der Waals surface area contributed by atoms with Crippen molar-refractivity contribution in [2.45, 2.75) is 108 Å². The number of hydrogen-bond acceptors (Lipinski definition) is 2. The van der Waals surface area contributed by atoms with Gasteiger partial charge in [-0.05, 0) is 84.6 Å². The summed E-state index contributed by atoms with van der Waals surface area (Å²) in [5, 5.41) is 0. The lowest BCUT2D eigenvalue weighted by Crippen LogP contribution is -2.41. The van der Waals surface area contributed by atoms with Gasteiger partial charge in [0.25, 0.3) is 0 Å². The van der Waals surface area contributed by atoms with E-state index in [1.807, 2.05) is 13.0 Å². The molecule has 0 radical (unpaired) electrons. The van der Waals surface area contributed by atoms with E-state index in [2.05, 4.69) is 136 Å². The van der Waals surface area contributed by atoms with Crippen molar-refractivity contribution in [3.63, 3.8) is 0 Å². The Kier molecular flexibility index (Phi) is 14.1. The van der Waals surface area contributed by atoms with E-state index in [4.69, 9.17) is 4.74 Å². The van der Waals surface area contributed by atoms with Crippen LogP contribution in [0.1, 0.15) is 113 Å². The van der Waals surface area contributed by atoms with Gasteiger partial charge in [-0.25, -0.2) is 4.99 Å². The molecule has 1 fully saturated rings. The van der Waals surface area contributed by atoms with E-state index in [1.54, 1.807) is 6.21 Å². The van der Waals surface area contributed by atoms with Crippen LogP contribution in [0.5, 0.6) is 5.75 Å². The summed E-state index contributed by atoms with van der Waals surface area (Å²) in [5.74, 6) is 4.23. The van der Waals surface area contributed by atoms with Crippen LogP contribution in [-0.2, 0) is 5.41 Å². The molecule has 1 aliphatic carbocycles. The van der Waals surface area contributed by atoms with Gasteiger partial charge in [-0.2, -0.15) is 0 Å². The smallest absolute Gasteiger partial charge is 0.215 e. The first-order valence-corrected chi connectivity index (χ1v) is 14.7. The molecule has 1 aliphatic rings. The zero-order chi connectivity index (χ0) is 28.9. The fourth-order valence-electron chi connectivity index (χ4n) is 5.41. The predicted octanol–water partition coefficient (Wildman–Crippen LogP) is 11.1. The topological polar surface area (TPSA) is 21.6 Å². The zero-order valence-corrected chi connectivity index (χ0v) is 26.6. The minimum Gasteiger partial charge on any atom is -0.439 e. The number of allylic oxidation sites excluding steroid dienone is 1. The summed E-state index contributed by atoms with van der Waals surface area (Å²) >= 11 is 0. The molecule has 2 heteroatoms. The first kappa shape index (κ1) is 33.7. The number of rotatable bonds is 6. The number of aliphatic imine (C=N–C) groups is 1. The molecule has 0 aliphatic heterocycles. The maximum atomic E-state index is 6.07. The van der Waals surface area contributed by atoms with Gasteiger partial charge in [-0.1, -0.05) is 119 Å². The summed E-state index contributed by atoms with van der Waals surface area (Å²) in [4.78, 5) is 4.38. The van der Waals surface area contributed by atoms with Crippen LogP contribution in [-0.4, -0.2) is 6.21 Å². The van der Waals surface area contributed by atoms with Crippen LogP contribution in [0.4, 0.5) is 0 Å². The van der Waals surface area contributed by atoms with Gasteiger partial charge in [0.15, 0.2) is 0 Å². The van der Waals surface area contributed by atoms with Crippen molar-refractivity contribution in [1.29, 1.82) is 0 Å². The van der Waals surface area contributed by atoms with E-state index < -0.39 is 0 Å². The Labute approximate surface area is 236 Å². The van der Waals surface area contributed by atoms with Gasteiger partial charge in [0, 0.05) is 11.6 Å². The molecule has 2 unspecified atom stereocenters. The van der Waals surface area contributed by atoms with Gasteiger partial charge in [0.2, 0.25) is 5.88 Å². The molecular formula is C36H57NO. The first-order chi connectivity index (χ1) is 17.7. The zero-order valence-electron chi connectivity index (χ0n) is 26.6. The van der Waals surface area contributed by atoms with Crippen LogP contribution in [0, 0.1) is 29.1 Å². The molecule has 0 saturated heterocycles. The Morgan fingerprint density at radius 2 is 1.32 bits per heavy atom. The molecule has 212 valence electrons. The van der Waals surface area contributed by atoms with Crippen LogP contribution < -0.4 is 4.74 Å². The second-order valence-electron chi connectivity index (χ2n) is 13.5. The van der Waals surface area contributed by atoms with Crippen LogP contribution >= 0.6 is 0 Å². The second kappa shape index (κ2) is 15.9. The largest absolute Gasteiger partial charge is 0.439 e. The molecule has 2 nitrogen and oxygen atoms in total. The standard InChI is InChI=1S/C28H37NO.2C4H10/c1-7-29-26(17-21(2)3)30-25-15-13-24(14-16-25)28(23-11-9-8-10-12-23)19-22(4)18-27(5,6)20-28;2*1-4(2)3/h7-17,21-22H,18-20H2,1-6H3;2*4H,1-3H3/b26-17+,29-7-;;. The SMILES string of the molecule is C/C=N\C(=C/C(C)C)Oc1ccc(C2(c3ccccc3)CC(C)CC(C)(C)C2)cc1.CC(C)C.CC(C)C. The van der Waals surface area contributed by atoms with Crippen molar-refractivity contribution in [2.24, 2.45) is 34.1 Å². The summed E-state index contributed by atoms with van der Waals surface area (Å²) in [6, 6.07) is 19.8. The van der Waals surface area contributed by atoms with Crippen LogP contribution in [0.25, 0.3) is 0 Å². The monoisotopic (exact) mass is 519 g/mol. The number of nitrogens with zero attached hydrogens (tertiary/aromatic N) is 1. The molecule has 0 N–H and O–H groups in total. The molecule has 0 bridgehead atoms. The van der Waals surface area contributed by atoms with Crippen molar-refractivity contribution in [1.82, 2.24) is 0 Å². The van der Waals surface area contributed by atoms with Gasteiger partial charge in [-0.3, -0.25) is 0 Å². The number of benzene rings is 2.